The first-order valence-electron chi connectivity index (χ1n) is 6.33. The molecule has 0 aliphatic carbocycles. The average molecular weight is 361 g/mol. The largest absolute Gasteiger partial charge is 0.356 e. The van der Waals surface area contributed by atoms with Crippen molar-refractivity contribution >= 4 is 29.9 Å². The first kappa shape index (κ1) is 17.2. The van der Waals surface area contributed by atoms with Gasteiger partial charge in [-0.15, -0.1) is 24.0 Å². The van der Waals surface area contributed by atoms with Crippen molar-refractivity contribution in [1.82, 2.24) is 10.6 Å². The van der Waals surface area contributed by atoms with Crippen molar-refractivity contribution in [2.24, 2.45) is 4.99 Å². The van der Waals surface area contributed by atoms with Gasteiger partial charge in [-0.05, 0) is 24.0 Å². The van der Waals surface area contributed by atoms with E-state index < -0.39 is 0 Å². The minimum atomic E-state index is 0. The zero-order valence-corrected chi connectivity index (χ0v) is 13.8. The molecule has 1 rings (SSSR count). The summed E-state index contributed by atoms with van der Waals surface area (Å²) < 4.78 is 0. The lowest BCUT2D eigenvalue weighted by molar-refractivity contribution is 0.778. The highest BCUT2D eigenvalue weighted by Crippen LogP contribution is 2.08. The van der Waals surface area contributed by atoms with Crippen molar-refractivity contribution in [3.63, 3.8) is 0 Å². The van der Waals surface area contributed by atoms with Gasteiger partial charge in [0.25, 0.3) is 0 Å². The van der Waals surface area contributed by atoms with E-state index in [2.05, 4.69) is 53.7 Å². The van der Waals surface area contributed by atoms with Gasteiger partial charge in [0.15, 0.2) is 5.96 Å². The van der Waals surface area contributed by atoms with Gasteiger partial charge in [0, 0.05) is 20.1 Å². The van der Waals surface area contributed by atoms with Gasteiger partial charge in [0.05, 0.1) is 0 Å². The molecule has 0 saturated carbocycles. The van der Waals surface area contributed by atoms with E-state index in [4.69, 9.17) is 0 Å². The van der Waals surface area contributed by atoms with E-state index in [9.17, 15) is 0 Å². The number of hydrogen-bond donors (Lipinski definition) is 2. The number of hydrogen-bond acceptors (Lipinski definition) is 1. The monoisotopic (exact) mass is 361 g/mol. The highest BCUT2D eigenvalue weighted by Gasteiger charge is 2.01. The molecule has 0 saturated heterocycles. The van der Waals surface area contributed by atoms with E-state index in [1.807, 2.05) is 0 Å². The second-order valence-electron chi connectivity index (χ2n) is 3.97. The van der Waals surface area contributed by atoms with Gasteiger partial charge in [-0.2, -0.15) is 0 Å². The predicted octanol–water partition coefficient (Wildman–Crippen LogP) is 2.94. The normalized spacial score (nSPS) is 10.7. The van der Waals surface area contributed by atoms with E-state index in [0.717, 1.165) is 31.9 Å². The van der Waals surface area contributed by atoms with Crippen molar-refractivity contribution in [2.45, 2.75) is 33.2 Å². The molecule has 0 amide bonds. The average Bonchev–Trinajstić information content (AvgIpc) is 2.39. The molecule has 0 aliphatic rings. The molecule has 3 nitrogen and oxygen atoms in total. The van der Waals surface area contributed by atoms with E-state index in [1.165, 1.54) is 11.1 Å². The van der Waals surface area contributed by atoms with E-state index >= 15 is 0 Å². The molecule has 1 aromatic rings. The molecular formula is C14H24IN3. The Labute approximate surface area is 127 Å². The molecule has 0 aromatic heterocycles. The third-order valence-electron chi connectivity index (χ3n) is 2.71. The van der Waals surface area contributed by atoms with Crippen LogP contribution in [0.15, 0.2) is 29.3 Å². The molecule has 0 radical (unpaired) electrons. The molecule has 18 heavy (non-hydrogen) atoms. The summed E-state index contributed by atoms with van der Waals surface area (Å²) in [6.07, 6.45) is 2.17. The summed E-state index contributed by atoms with van der Waals surface area (Å²) in [5.74, 6) is 0.873. The quantitative estimate of drug-likeness (QED) is 0.481. The summed E-state index contributed by atoms with van der Waals surface area (Å²) in [5, 5.41) is 6.60. The van der Waals surface area contributed by atoms with Crippen LogP contribution in [-0.2, 0) is 13.0 Å². The molecular weight excluding hydrogens is 337 g/mol. The van der Waals surface area contributed by atoms with Crippen molar-refractivity contribution in [2.75, 3.05) is 13.6 Å². The van der Waals surface area contributed by atoms with Crippen molar-refractivity contribution in [3.05, 3.63) is 35.4 Å². The number of benzene rings is 1. The maximum atomic E-state index is 4.19. The third-order valence-corrected chi connectivity index (χ3v) is 2.71. The lowest BCUT2D eigenvalue weighted by Gasteiger charge is -2.13. The number of aliphatic imine (C=N–C) groups is 1. The van der Waals surface area contributed by atoms with Gasteiger partial charge in [-0.1, -0.05) is 38.1 Å². The molecule has 0 atom stereocenters. The topological polar surface area (TPSA) is 36.4 Å². The molecule has 0 unspecified atom stereocenters. The molecule has 102 valence electrons. The minimum absolute atomic E-state index is 0. The zero-order chi connectivity index (χ0) is 12.5. The van der Waals surface area contributed by atoms with Crippen LogP contribution in [0.5, 0.6) is 0 Å². The lowest BCUT2D eigenvalue weighted by Crippen LogP contribution is -2.37. The summed E-state index contributed by atoms with van der Waals surface area (Å²) in [4.78, 5) is 4.19. The van der Waals surface area contributed by atoms with E-state index in [-0.39, 0.29) is 24.0 Å². The van der Waals surface area contributed by atoms with Crippen molar-refractivity contribution in [1.29, 1.82) is 0 Å². The van der Waals surface area contributed by atoms with E-state index in [1.54, 1.807) is 7.05 Å². The van der Waals surface area contributed by atoms with Crippen LogP contribution in [0.25, 0.3) is 0 Å². The molecule has 2 N–H and O–H groups in total. The number of guanidine groups is 1. The molecule has 0 bridgehead atoms. The fourth-order valence-corrected chi connectivity index (χ4v) is 1.72. The van der Waals surface area contributed by atoms with Gasteiger partial charge in [-0.25, -0.2) is 0 Å². The number of rotatable bonds is 5. The van der Waals surface area contributed by atoms with Gasteiger partial charge >= 0.3 is 0 Å². The fourth-order valence-electron chi connectivity index (χ4n) is 1.72. The predicted molar refractivity (Wildman–Crippen MR) is 89.7 cm³/mol. The van der Waals surface area contributed by atoms with Crippen LogP contribution in [0.4, 0.5) is 0 Å². The Balaban J connectivity index is 0.00000289. The van der Waals surface area contributed by atoms with Crippen molar-refractivity contribution < 1.29 is 0 Å². The Morgan fingerprint density at radius 2 is 1.78 bits per heavy atom. The Morgan fingerprint density at radius 1 is 1.11 bits per heavy atom. The van der Waals surface area contributed by atoms with Gasteiger partial charge in [0.1, 0.15) is 0 Å². The zero-order valence-electron chi connectivity index (χ0n) is 11.5. The van der Waals surface area contributed by atoms with Crippen LogP contribution >= 0.6 is 24.0 Å². The standard InChI is InChI=1S/C14H23N3.HI/c1-4-10-16-14(15-3)17-11-13-9-7-6-8-12(13)5-2;/h6-9H,4-5,10-11H2,1-3H3,(H2,15,16,17);1H. The Bertz CT molecular complexity index is 364. The maximum absolute atomic E-state index is 4.19. The summed E-state index contributed by atoms with van der Waals surface area (Å²) >= 11 is 0. The SMILES string of the molecule is CCCNC(=NC)NCc1ccccc1CC.I. The van der Waals surface area contributed by atoms with Crippen LogP contribution in [-0.4, -0.2) is 19.6 Å². The molecule has 4 heteroatoms. The summed E-state index contributed by atoms with van der Waals surface area (Å²) in [5.41, 5.74) is 2.74. The molecule has 1 aromatic carbocycles. The fraction of sp³-hybridized carbons (Fsp3) is 0.500. The number of nitrogens with one attached hydrogen (secondary N) is 2. The smallest absolute Gasteiger partial charge is 0.191 e. The number of halogens is 1. The number of aryl methyl sites for hydroxylation is 1. The summed E-state index contributed by atoms with van der Waals surface area (Å²) in [6.45, 7) is 6.11. The molecule has 0 aliphatic heterocycles. The second-order valence-corrected chi connectivity index (χ2v) is 3.97. The van der Waals surface area contributed by atoms with Crippen LogP contribution < -0.4 is 10.6 Å². The van der Waals surface area contributed by atoms with E-state index in [0.29, 0.717) is 0 Å². The Hall–Kier alpha value is -0.780. The van der Waals surface area contributed by atoms with Gasteiger partial charge in [-0.3, -0.25) is 4.99 Å². The lowest BCUT2D eigenvalue weighted by atomic mass is 10.1. The van der Waals surface area contributed by atoms with Crippen molar-refractivity contribution in [3.8, 4) is 0 Å². The highest BCUT2D eigenvalue weighted by atomic mass is 127. The highest BCUT2D eigenvalue weighted by molar-refractivity contribution is 14.0. The van der Waals surface area contributed by atoms with Crippen LogP contribution in [0.1, 0.15) is 31.4 Å². The van der Waals surface area contributed by atoms with Gasteiger partial charge < -0.3 is 10.6 Å². The Kier molecular flexibility index (Phi) is 9.73. The molecule has 0 fully saturated rings. The second kappa shape index (κ2) is 10.2. The molecule has 0 heterocycles. The molecule has 0 spiro atoms. The summed E-state index contributed by atoms with van der Waals surface area (Å²) in [7, 11) is 1.80. The number of nitrogens with zero attached hydrogens (tertiary/aromatic N) is 1. The van der Waals surface area contributed by atoms with Crippen LogP contribution in [0.2, 0.25) is 0 Å². The summed E-state index contributed by atoms with van der Waals surface area (Å²) in [6, 6.07) is 8.52. The maximum Gasteiger partial charge on any atom is 0.191 e. The Morgan fingerprint density at radius 3 is 2.33 bits per heavy atom. The first-order valence-corrected chi connectivity index (χ1v) is 6.33. The minimum Gasteiger partial charge on any atom is -0.356 e. The van der Waals surface area contributed by atoms with Gasteiger partial charge in [0.2, 0.25) is 0 Å². The first-order chi connectivity index (χ1) is 8.31. The van der Waals surface area contributed by atoms with Crippen LogP contribution in [0, 0.1) is 0 Å². The third kappa shape index (κ3) is 5.71. The van der Waals surface area contributed by atoms with Crippen LogP contribution in [0.3, 0.4) is 0 Å².